The first kappa shape index (κ1) is 9.07. The molecular weight excluding hydrogens is 142 g/mol. The van der Waals surface area contributed by atoms with Crippen molar-refractivity contribution in [2.75, 3.05) is 6.61 Å². The Kier molecular flexibility index (Phi) is 3.61. The average Bonchev–Trinajstić information content (AvgIpc) is 1.82. The fraction of sp³-hybridized carbons (Fsp3) is 0.500. The van der Waals surface area contributed by atoms with Gasteiger partial charge in [-0.15, -0.1) is 0 Å². The van der Waals surface area contributed by atoms with Gasteiger partial charge in [-0.05, 0) is 6.92 Å². The molecule has 4 heteroatoms. The lowest BCUT2D eigenvalue weighted by Gasteiger charge is -2.01. The number of ether oxygens (including phenoxy) is 1. The van der Waals surface area contributed by atoms with Crippen LogP contribution in [0.4, 0.5) is 8.78 Å². The standard InChI is InChI=1S/C6H8F2O2/c1-4(7)3-10-6(9)5(2)8/h5H,1,3H2,2H3. The molecule has 0 heterocycles. The van der Waals surface area contributed by atoms with Crippen LogP contribution in [0.3, 0.4) is 0 Å². The van der Waals surface area contributed by atoms with Gasteiger partial charge >= 0.3 is 5.97 Å². The topological polar surface area (TPSA) is 26.3 Å². The highest BCUT2D eigenvalue weighted by Crippen LogP contribution is 1.96. The molecule has 58 valence electrons. The number of hydrogen-bond acceptors (Lipinski definition) is 2. The minimum atomic E-state index is -1.71. The van der Waals surface area contributed by atoms with E-state index < -0.39 is 24.6 Å². The van der Waals surface area contributed by atoms with E-state index in [1.165, 1.54) is 0 Å². The Hall–Kier alpha value is -0.930. The van der Waals surface area contributed by atoms with E-state index in [-0.39, 0.29) is 0 Å². The van der Waals surface area contributed by atoms with Crippen LogP contribution in [0.25, 0.3) is 0 Å². The van der Waals surface area contributed by atoms with Gasteiger partial charge < -0.3 is 4.74 Å². The summed E-state index contributed by atoms with van der Waals surface area (Å²) in [6.45, 7) is 3.27. The Morgan fingerprint density at radius 3 is 2.60 bits per heavy atom. The van der Waals surface area contributed by atoms with Crippen molar-refractivity contribution >= 4 is 5.97 Å². The largest absolute Gasteiger partial charge is 0.456 e. The zero-order chi connectivity index (χ0) is 8.15. The number of hydrogen-bond donors (Lipinski definition) is 0. The van der Waals surface area contributed by atoms with E-state index in [2.05, 4.69) is 11.3 Å². The average molecular weight is 150 g/mol. The Bertz CT molecular complexity index is 143. The number of rotatable bonds is 3. The maximum Gasteiger partial charge on any atom is 0.340 e. The molecule has 0 amide bonds. The lowest BCUT2D eigenvalue weighted by molar-refractivity contribution is -0.148. The van der Waals surface area contributed by atoms with Crippen molar-refractivity contribution in [1.82, 2.24) is 0 Å². The smallest absolute Gasteiger partial charge is 0.340 e. The third-order valence-electron chi connectivity index (χ3n) is 0.696. The minimum absolute atomic E-state index is 0.562. The second kappa shape index (κ2) is 3.98. The molecule has 0 N–H and O–H groups in total. The van der Waals surface area contributed by atoms with E-state index in [0.717, 1.165) is 6.92 Å². The maximum absolute atomic E-state index is 11.9. The summed E-state index contributed by atoms with van der Waals surface area (Å²) in [5, 5.41) is 0. The molecule has 1 unspecified atom stereocenters. The van der Waals surface area contributed by atoms with E-state index in [1.807, 2.05) is 0 Å². The van der Waals surface area contributed by atoms with Crippen LogP contribution in [0.2, 0.25) is 0 Å². The highest BCUT2D eigenvalue weighted by molar-refractivity contribution is 5.74. The van der Waals surface area contributed by atoms with E-state index in [4.69, 9.17) is 0 Å². The highest BCUT2D eigenvalue weighted by atomic mass is 19.1. The molecule has 0 radical (unpaired) electrons. The van der Waals surface area contributed by atoms with Gasteiger partial charge in [-0.25, -0.2) is 13.6 Å². The molecule has 0 bridgehead atoms. The molecule has 0 fully saturated rings. The second-order valence-electron chi connectivity index (χ2n) is 1.74. The number of alkyl halides is 1. The Morgan fingerprint density at radius 2 is 2.30 bits per heavy atom. The number of halogens is 2. The summed E-state index contributed by atoms with van der Waals surface area (Å²) < 4.78 is 27.7. The lowest BCUT2D eigenvalue weighted by atomic mass is 10.4. The van der Waals surface area contributed by atoms with Crippen molar-refractivity contribution in [2.45, 2.75) is 13.1 Å². The molecule has 0 rings (SSSR count). The molecule has 0 aliphatic carbocycles. The van der Waals surface area contributed by atoms with Gasteiger partial charge in [0.2, 0.25) is 0 Å². The van der Waals surface area contributed by atoms with Crippen LogP contribution in [0.1, 0.15) is 6.92 Å². The Labute approximate surface area is 57.5 Å². The van der Waals surface area contributed by atoms with Gasteiger partial charge in [-0.3, -0.25) is 0 Å². The monoisotopic (exact) mass is 150 g/mol. The summed E-state index contributed by atoms with van der Waals surface area (Å²) in [5.41, 5.74) is 0. The lowest BCUT2D eigenvalue weighted by Crippen LogP contribution is -2.15. The van der Waals surface area contributed by atoms with Gasteiger partial charge in [-0.2, -0.15) is 0 Å². The van der Waals surface area contributed by atoms with E-state index in [9.17, 15) is 13.6 Å². The molecule has 2 nitrogen and oxygen atoms in total. The highest BCUT2D eigenvalue weighted by Gasteiger charge is 2.11. The maximum atomic E-state index is 11.9. The fourth-order valence-electron chi connectivity index (χ4n) is 0.264. The second-order valence-corrected chi connectivity index (χ2v) is 1.74. The number of carbonyl (C=O) groups is 1. The normalized spacial score (nSPS) is 12.3. The van der Waals surface area contributed by atoms with Crippen LogP contribution in [0.5, 0.6) is 0 Å². The van der Waals surface area contributed by atoms with Crippen LogP contribution in [-0.4, -0.2) is 18.7 Å². The van der Waals surface area contributed by atoms with Crippen molar-refractivity contribution in [3.63, 3.8) is 0 Å². The zero-order valence-electron chi connectivity index (χ0n) is 5.56. The third kappa shape index (κ3) is 4.00. The van der Waals surface area contributed by atoms with Crippen LogP contribution in [0, 0.1) is 0 Å². The first-order valence-corrected chi connectivity index (χ1v) is 2.68. The quantitative estimate of drug-likeness (QED) is 0.568. The van der Waals surface area contributed by atoms with Crippen LogP contribution < -0.4 is 0 Å². The summed E-state index contributed by atoms with van der Waals surface area (Å²) in [6, 6.07) is 0. The molecule has 0 aromatic carbocycles. The zero-order valence-corrected chi connectivity index (χ0v) is 5.56. The predicted octanol–water partition coefficient (Wildman–Crippen LogP) is 1.37. The fourth-order valence-corrected chi connectivity index (χ4v) is 0.264. The Morgan fingerprint density at radius 1 is 1.80 bits per heavy atom. The van der Waals surface area contributed by atoms with Gasteiger partial charge in [-0.1, -0.05) is 6.58 Å². The van der Waals surface area contributed by atoms with Gasteiger partial charge in [0.15, 0.2) is 6.17 Å². The SMILES string of the molecule is C=C(F)COC(=O)C(C)F. The van der Waals surface area contributed by atoms with Gasteiger partial charge in [0, 0.05) is 0 Å². The predicted molar refractivity (Wildman–Crippen MR) is 31.8 cm³/mol. The van der Waals surface area contributed by atoms with Gasteiger partial charge in [0.1, 0.15) is 12.4 Å². The van der Waals surface area contributed by atoms with Gasteiger partial charge in [0.25, 0.3) is 0 Å². The molecule has 0 aliphatic heterocycles. The first-order valence-electron chi connectivity index (χ1n) is 2.68. The molecule has 0 saturated carbocycles. The van der Waals surface area contributed by atoms with E-state index in [1.54, 1.807) is 0 Å². The summed E-state index contributed by atoms with van der Waals surface area (Å²) in [6.07, 6.45) is -1.71. The first-order chi connectivity index (χ1) is 4.54. The van der Waals surface area contributed by atoms with Crippen molar-refractivity contribution in [1.29, 1.82) is 0 Å². The van der Waals surface area contributed by atoms with E-state index >= 15 is 0 Å². The minimum Gasteiger partial charge on any atom is -0.456 e. The summed E-state index contributed by atoms with van der Waals surface area (Å²) in [4.78, 5) is 10.2. The van der Waals surface area contributed by atoms with E-state index in [0.29, 0.717) is 0 Å². The molecule has 0 spiro atoms. The molecular formula is C6H8F2O2. The van der Waals surface area contributed by atoms with Crippen LogP contribution >= 0.6 is 0 Å². The molecule has 0 aromatic heterocycles. The number of carbonyl (C=O) groups excluding carboxylic acids is 1. The molecule has 0 saturated heterocycles. The third-order valence-corrected chi connectivity index (χ3v) is 0.696. The molecule has 0 aliphatic rings. The number of esters is 1. The van der Waals surface area contributed by atoms with Crippen molar-refractivity contribution in [3.8, 4) is 0 Å². The molecule has 1 atom stereocenters. The molecule has 10 heavy (non-hydrogen) atoms. The van der Waals surface area contributed by atoms with Crippen molar-refractivity contribution < 1.29 is 18.3 Å². The Balaban J connectivity index is 3.50. The molecule has 0 aromatic rings. The van der Waals surface area contributed by atoms with Crippen LogP contribution in [0.15, 0.2) is 12.4 Å². The summed E-state index contributed by atoms with van der Waals surface area (Å²) in [7, 11) is 0. The summed E-state index contributed by atoms with van der Waals surface area (Å²) >= 11 is 0. The van der Waals surface area contributed by atoms with Crippen molar-refractivity contribution in [2.24, 2.45) is 0 Å². The van der Waals surface area contributed by atoms with Gasteiger partial charge in [0.05, 0.1) is 0 Å². The van der Waals surface area contributed by atoms with Crippen molar-refractivity contribution in [3.05, 3.63) is 12.4 Å². The summed E-state index contributed by atoms with van der Waals surface area (Å²) in [5.74, 6) is -1.87. The van der Waals surface area contributed by atoms with Crippen LogP contribution in [-0.2, 0) is 9.53 Å².